The van der Waals surface area contributed by atoms with Gasteiger partial charge in [0, 0.05) is 6.42 Å². The Morgan fingerprint density at radius 1 is 1.15 bits per heavy atom. The van der Waals surface area contributed by atoms with Gasteiger partial charge in [0.05, 0.1) is 12.5 Å². The third-order valence-corrected chi connectivity index (χ3v) is 9.59. The fourth-order valence-corrected chi connectivity index (χ4v) is 7.88. The zero-order valence-corrected chi connectivity index (χ0v) is 20.5. The van der Waals surface area contributed by atoms with Crippen LogP contribution in [-0.4, -0.2) is 46.4 Å². The lowest BCUT2D eigenvalue weighted by molar-refractivity contribution is -0.211. The summed E-state index contributed by atoms with van der Waals surface area (Å²) in [4.78, 5) is 52.6. The number of hydrogen-bond acceptors (Lipinski definition) is 6. The third kappa shape index (κ3) is 2.84. The minimum atomic E-state index is -2.36. The van der Waals surface area contributed by atoms with Crippen LogP contribution < -0.4 is 0 Å². The number of carbonyl (C=O) groups is 4. The molecule has 0 radical (unpaired) electrons. The van der Waals surface area contributed by atoms with E-state index in [0.29, 0.717) is 19.3 Å². The fraction of sp³-hybridized carbons (Fsp3) is 0.692. The van der Waals surface area contributed by atoms with Crippen molar-refractivity contribution in [2.24, 2.45) is 33.5 Å². The molecule has 7 heteroatoms. The van der Waals surface area contributed by atoms with Crippen LogP contribution in [0.3, 0.4) is 0 Å². The van der Waals surface area contributed by atoms with E-state index in [1.54, 1.807) is 6.92 Å². The van der Waals surface area contributed by atoms with E-state index in [0.717, 1.165) is 12.5 Å². The predicted octanol–water partition coefficient (Wildman–Crippen LogP) is 3.49. The van der Waals surface area contributed by atoms with Crippen LogP contribution in [-0.2, 0) is 23.9 Å². The summed E-state index contributed by atoms with van der Waals surface area (Å²) in [5.74, 6) is -3.77. The minimum absolute atomic E-state index is 0.0500. The van der Waals surface area contributed by atoms with Gasteiger partial charge >= 0.3 is 11.9 Å². The van der Waals surface area contributed by atoms with Crippen molar-refractivity contribution in [1.82, 2.24) is 0 Å². The number of methoxy groups -OCH3 is 1. The highest BCUT2D eigenvalue weighted by Crippen LogP contribution is 2.75. The van der Waals surface area contributed by atoms with E-state index >= 15 is 0 Å². The summed E-state index contributed by atoms with van der Waals surface area (Å²) in [5.41, 5.74) is -6.22. The molecule has 7 unspecified atom stereocenters. The monoisotopic (exact) mass is 460 g/mol. The molecule has 3 saturated carbocycles. The van der Waals surface area contributed by atoms with Gasteiger partial charge in [-0.15, -0.1) is 0 Å². The number of hydrogen-bond donors (Lipinski definition) is 2. The van der Waals surface area contributed by atoms with Crippen LogP contribution in [0.4, 0.5) is 0 Å². The van der Waals surface area contributed by atoms with E-state index in [9.17, 15) is 29.4 Å². The van der Waals surface area contributed by atoms with Crippen LogP contribution in [0.5, 0.6) is 0 Å². The molecule has 3 fully saturated rings. The van der Waals surface area contributed by atoms with Crippen LogP contribution in [0.2, 0.25) is 0 Å². The molecule has 0 aromatic heterocycles. The van der Waals surface area contributed by atoms with E-state index in [1.165, 1.54) is 7.11 Å². The molecule has 0 heterocycles. The van der Waals surface area contributed by atoms with Gasteiger partial charge in [-0.05, 0) is 74.7 Å². The second kappa shape index (κ2) is 7.36. The molecule has 0 spiro atoms. The first-order valence-corrected chi connectivity index (χ1v) is 11.5. The fourth-order valence-electron chi connectivity index (χ4n) is 7.88. The maximum absolute atomic E-state index is 14.0. The lowest BCUT2D eigenvalue weighted by atomic mass is 9.31. The summed E-state index contributed by atoms with van der Waals surface area (Å²) >= 11 is 0. The first kappa shape index (κ1) is 25.3. The summed E-state index contributed by atoms with van der Waals surface area (Å²) in [6.07, 6.45) is 1.50. The summed E-state index contributed by atoms with van der Waals surface area (Å²) < 4.78 is 5.18. The highest BCUT2D eigenvalue weighted by molar-refractivity contribution is 6.26. The number of carbonyl (C=O) groups excluding carboxylic acids is 3. The Bertz CT molecular complexity index is 967. The van der Waals surface area contributed by atoms with E-state index in [4.69, 9.17) is 4.74 Å². The molecule has 182 valence electrons. The van der Waals surface area contributed by atoms with E-state index in [-0.39, 0.29) is 24.3 Å². The van der Waals surface area contributed by atoms with Crippen LogP contribution in [0.25, 0.3) is 0 Å². The molecular formula is C26H36O7. The first-order chi connectivity index (χ1) is 15.0. The lowest BCUT2D eigenvalue weighted by Gasteiger charge is -2.69. The molecule has 3 rings (SSSR count). The van der Waals surface area contributed by atoms with Crippen LogP contribution >= 0.6 is 0 Å². The van der Waals surface area contributed by atoms with Gasteiger partial charge < -0.3 is 14.9 Å². The van der Waals surface area contributed by atoms with Crippen molar-refractivity contribution in [3.05, 3.63) is 24.3 Å². The SMILES string of the molecule is C=C(C)C1CCC2(C)C(CC3(C)C(=C)C2(C(=O)OC)C(=O)C(C)(O)C3=O)C1(C)CCC(=O)O. The number of carboxylic acid groups (broad SMARTS) is 1. The summed E-state index contributed by atoms with van der Waals surface area (Å²) in [7, 11) is 1.19. The number of aliphatic hydroxyl groups is 1. The number of aliphatic carboxylic acids is 1. The molecule has 0 aromatic rings. The van der Waals surface area contributed by atoms with E-state index in [1.807, 2.05) is 20.8 Å². The maximum Gasteiger partial charge on any atom is 0.324 e. The molecule has 7 nitrogen and oxygen atoms in total. The van der Waals surface area contributed by atoms with Gasteiger partial charge in [0.15, 0.2) is 22.6 Å². The number of Topliss-reactive ketones (excluding diaryl/α,β-unsaturated/α-hetero) is 2. The second-order valence-electron chi connectivity index (χ2n) is 11.3. The van der Waals surface area contributed by atoms with Crippen molar-refractivity contribution in [2.45, 2.75) is 72.3 Å². The summed E-state index contributed by atoms with van der Waals surface area (Å²) in [6.45, 7) is 16.8. The number of allylic oxidation sites excluding steroid dienone is 1. The van der Waals surface area contributed by atoms with Crippen molar-refractivity contribution in [3.63, 3.8) is 0 Å². The van der Waals surface area contributed by atoms with Gasteiger partial charge in [0.2, 0.25) is 0 Å². The normalized spacial score (nSPS) is 44.8. The quantitative estimate of drug-likeness (QED) is 0.366. The van der Waals surface area contributed by atoms with E-state index < -0.39 is 56.7 Å². The molecule has 0 aromatic carbocycles. The minimum Gasteiger partial charge on any atom is -0.481 e. The molecule has 0 aliphatic heterocycles. The predicted molar refractivity (Wildman–Crippen MR) is 121 cm³/mol. The number of ketones is 2. The van der Waals surface area contributed by atoms with Gasteiger partial charge in [-0.1, -0.05) is 32.6 Å². The Kier molecular flexibility index (Phi) is 5.65. The molecule has 2 N–H and O–H groups in total. The number of esters is 1. The molecule has 3 aliphatic carbocycles. The van der Waals surface area contributed by atoms with Gasteiger partial charge in [0.25, 0.3) is 0 Å². The molecule has 3 aliphatic rings. The summed E-state index contributed by atoms with van der Waals surface area (Å²) in [5, 5.41) is 20.6. The number of carboxylic acids is 1. The molecule has 7 atom stereocenters. The van der Waals surface area contributed by atoms with Crippen LogP contribution in [0.1, 0.15) is 66.7 Å². The Labute approximate surface area is 195 Å². The van der Waals surface area contributed by atoms with Crippen molar-refractivity contribution >= 4 is 23.5 Å². The zero-order valence-electron chi connectivity index (χ0n) is 20.5. The Morgan fingerprint density at radius 3 is 2.21 bits per heavy atom. The number of rotatable bonds is 5. The molecule has 33 heavy (non-hydrogen) atoms. The highest BCUT2D eigenvalue weighted by atomic mass is 16.5. The molecular weight excluding hydrogens is 424 g/mol. The Hall–Kier alpha value is -2.28. The first-order valence-electron chi connectivity index (χ1n) is 11.5. The smallest absolute Gasteiger partial charge is 0.324 e. The number of ether oxygens (including phenoxy) is 1. The lowest BCUT2D eigenvalue weighted by Crippen LogP contribution is -2.76. The second-order valence-corrected chi connectivity index (χ2v) is 11.3. The van der Waals surface area contributed by atoms with Gasteiger partial charge in [0.1, 0.15) is 0 Å². The maximum atomic E-state index is 14.0. The Morgan fingerprint density at radius 2 is 1.73 bits per heavy atom. The van der Waals surface area contributed by atoms with Gasteiger partial charge in [-0.25, -0.2) is 0 Å². The van der Waals surface area contributed by atoms with Crippen LogP contribution in [0.15, 0.2) is 24.3 Å². The topological polar surface area (TPSA) is 118 Å². The average molecular weight is 461 g/mol. The standard InChI is InChI=1S/C26H36O7/c1-14(2)16-9-12-24(6)17(22(16,4)11-10-18(27)28)13-23(5)15(3)26(24,21(31)33-8)20(30)25(7,32)19(23)29/h16-17,32H,1,3,9-13H2,2,4-8H3,(H,27,28). The van der Waals surface area contributed by atoms with Crippen molar-refractivity contribution in [1.29, 1.82) is 0 Å². The van der Waals surface area contributed by atoms with Gasteiger partial charge in [-0.2, -0.15) is 0 Å². The molecule has 0 saturated heterocycles. The van der Waals surface area contributed by atoms with E-state index in [2.05, 4.69) is 13.2 Å². The van der Waals surface area contributed by atoms with Crippen molar-refractivity contribution < 1.29 is 34.1 Å². The van der Waals surface area contributed by atoms with Crippen molar-refractivity contribution in [3.8, 4) is 0 Å². The average Bonchev–Trinajstić information content (AvgIpc) is 2.72. The Balaban J connectivity index is 2.38. The largest absolute Gasteiger partial charge is 0.481 e. The summed E-state index contributed by atoms with van der Waals surface area (Å²) in [6, 6.07) is 0. The molecule has 2 bridgehead atoms. The van der Waals surface area contributed by atoms with Crippen molar-refractivity contribution in [2.75, 3.05) is 7.11 Å². The van der Waals surface area contributed by atoms with Gasteiger partial charge in [-0.3, -0.25) is 19.2 Å². The molecule has 0 amide bonds. The zero-order chi connectivity index (χ0) is 25.4. The third-order valence-electron chi connectivity index (χ3n) is 9.59. The number of fused-ring (bicyclic) bond motifs is 4. The highest BCUT2D eigenvalue weighted by Gasteiger charge is 2.80. The van der Waals surface area contributed by atoms with Crippen LogP contribution in [0, 0.1) is 33.5 Å².